The summed E-state index contributed by atoms with van der Waals surface area (Å²) in [4.78, 5) is 34.6. The van der Waals surface area contributed by atoms with E-state index >= 15 is 0 Å². The minimum absolute atomic E-state index is 0.0611. The van der Waals surface area contributed by atoms with Crippen molar-refractivity contribution in [1.29, 1.82) is 0 Å². The lowest BCUT2D eigenvalue weighted by Gasteiger charge is -2.19. The zero-order valence-corrected chi connectivity index (χ0v) is 15.5. The number of rotatable bonds is 9. The number of nitrogens with two attached hydrogens (primary N) is 1. The van der Waals surface area contributed by atoms with Crippen molar-refractivity contribution in [2.75, 3.05) is 12.4 Å². The lowest BCUT2D eigenvalue weighted by molar-refractivity contribution is -0.137. The Kier molecular flexibility index (Phi) is 7.38. The Bertz CT molecular complexity index is 839. The summed E-state index contributed by atoms with van der Waals surface area (Å²) in [5.74, 6) is -1.24. The summed E-state index contributed by atoms with van der Waals surface area (Å²) in [5.41, 5.74) is 6.85. The van der Waals surface area contributed by atoms with Gasteiger partial charge in [0.05, 0.1) is 12.8 Å². The standard InChI is InChI=1S/C20H23N3O5/c1-28-17-12-14(19(21)26)7-9-16(17)23-20(27)22-15(8-10-18(24)25)11-13-5-3-2-4-6-13/h2-7,9,12,15H,8,10-11H2,1H3,(H2,21,26)(H,24,25)(H2,22,23,27). The molecule has 0 aliphatic carbocycles. The molecule has 0 saturated carbocycles. The van der Waals surface area contributed by atoms with E-state index in [9.17, 15) is 14.4 Å². The normalized spacial score (nSPS) is 11.3. The molecule has 3 amide bonds. The molecule has 0 radical (unpaired) electrons. The van der Waals surface area contributed by atoms with Gasteiger partial charge in [0.1, 0.15) is 5.75 Å². The average molecular weight is 385 g/mol. The van der Waals surface area contributed by atoms with Gasteiger partial charge in [0.2, 0.25) is 5.91 Å². The Labute approximate surface area is 162 Å². The number of benzene rings is 2. The number of carbonyl (C=O) groups excluding carboxylic acids is 2. The third kappa shape index (κ3) is 6.31. The Morgan fingerprint density at radius 3 is 2.46 bits per heavy atom. The number of urea groups is 1. The first-order chi connectivity index (χ1) is 13.4. The molecule has 0 fully saturated rings. The number of anilines is 1. The van der Waals surface area contributed by atoms with Crippen molar-refractivity contribution in [2.24, 2.45) is 5.73 Å². The first-order valence-corrected chi connectivity index (χ1v) is 8.70. The molecule has 0 heterocycles. The van der Waals surface area contributed by atoms with Gasteiger partial charge in [0.25, 0.3) is 0 Å². The Morgan fingerprint density at radius 1 is 1.14 bits per heavy atom. The molecule has 2 aromatic rings. The van der Waals surface area contributed by atoms with Gasteiger partial charge in [-0.25, -0.2) is 4.79 Å². The molecule has 1 atom stereocenters. The molecule has 8 nitrogen and oxygen atoms in total. The molecule has 5 N–H and O–H groups in total. The fourth-order valence-electron chi connectivity index (χ4n) is 2.71. The molecule has 1 unspecified atom stereocenters. The number of hydrogen-bond acceptors (Lipinski definition) is 4. The van der Waals surface area contributed by atoms with Crippen LogP contribution in [0, 0.1) is 0 Å². The van der Waals surface area contributed by atoms with Crippen LogP contribution in [0.3, 0.4) is 0 Å². The molecule has 28 heavy (non-hydrogen) atoms. The minimum atomic E-state index is -0.927. The fourth-order valence-corrected chi connectivity index (χ4v) is 2.71. The number of nitrogens with one attached hydrogen (secondary N) is 2. The van der Waals surface area contributed by atoms with Gasteiger partial charge in [-0.05, 0) is 36.6 Å². The molecule has 0 aliphatic rings. The van der Waals surface area contributed by atoms with Gasteiger partial charge in [-0.3, -0.25) is 9.59 Å². The van der Waals surface area contributed by atoms with Crippen LogP contribution in [-0.4, -0.2) is 36.2 Å². The van der Waals surface area contributed by atoms with Gasteiger partial charge >= 0.3 is 12.0 Å². The van der Waals surface area contributed by atoms with Crippen LogP contribution < -0.4 is 21.1 Å². The molecule has 0 bridgehead atoms. The van der Waals surface area contributed by atoms with Gasteiger partial charge in [0.15, 0.2) is 0 Å². The van der Waals surface area contributed by atoms with Crippen LogP contribution in [0.15, 0.2) is 48.5 Å². The summed E-state index contributed by atoms with van der Waals surface area (Å²) in [6.07, 6.45) is 0.725. The quantitative estimate of drug-likeness (QED) is 0.526. The van der Waals surface area contributed by atoms with E-state index in [0.717, 1.165) is 5.56 Å². The smallest absolute Gasteiger partial charge is 0.319 e. The SMILES string of the molecule is COc1cc(C(N)=O)ccc1NC(=O)NC(CCC(=O)O)Cc1ccccc1. The van der Waals surface area contributed by atoms with Crippen molar-refractivity contribution in [3.8, 4) is 5.75 Å². The zero-order chi connectivity index (χ0) is 20.5. The number of carbonyl (C=O) groups is 3. The van der Waals surface area contributed by atoms with E-state index in [-0.39, 0.29) is 30.2 Å². The summed E-state index contributed by atoms with van der Waals surface area (Å²) < 4.78 is 5.19. The van der Waals surface area contributed by atoms with Gasteiger partial charge < -0.3 is 26.2 Å². The van der Waals surface area contributed by atoms with E-state index in [2.05, 4.69) is 10.6 Å². The second-order valence-electron chi connectivity index (χ2n) is 6.20. The number of hydrogen-bond donors (Lipinski definition) is 4. The van der Waals surface area contributed by atoms with Crippen molar-refractivity contribution in [3.63, 3.8) is 0 Å². The first kappa shape index (κ1) is 20.8. The van der Waals surface area contributed by atoms with Crippen molar-refractivity contribution in [2.45, 2.75) is 25.3 Å². The van der Waals surface area contributed by atoms with E-state index in [0.29, 0.717) is 12.1 Å². The zero-order valence-electron chi connectivity index (χ0n) is 15.5. The number of methoxy groups -OCH3 is 1. The molecule has 0 saturated heterocycles. The minimum Gasteiger partial charge on any atom is -0.495 e. The highest BCUT2D eigenvalue weighted by Crippen LogP contribution is 2.25. The van der Waals surface area contributed by atoms with Crippen LogP contribution in [-0.2, 0) is 11.2 Å². The highest BCUT2D eigenvalue weighted by molar-refractivity contribution is 5.96. The third-order valence-corrected chi connectivity index (χ3v) is 4.10. The maximum Gasteiger partial charge on any atom is 0.319 e. The molecular weight excluding hydrogens is 362 g/mol. The van der Waals surface area contributed by atoms with E-state index in [1.54, 1.807) is 0 Å². The van der Waals surface area contributed by atoms with Crippen molar-refractivity contribution < 1.29 is 24.2 Å². The summed E-state index contributed by atoms with van der Waals surface area (Å²) >= 11 is 0. The second-order valence-corrected chi connectivity index (χ2v) is 6.20. The first-order valence-electron chi connectivity index (χ1n) is 8.70. The van der Waals surface area contributed by atoms with Gasteiger partial charge in [-0.15, -0.1) is 0 Å². The molecular formula is C20H23N3O5. The maximum atomic E-state index is 12.4. The molecule has 2 rings (SSSR count). The highest BCUT2D eigenvalue weighted by Gasteiger charge is 2.16. The largest absolute Gasteiger partial charge is 0.495 e. The topological polar surface area (TPSA) is 131 Å². The lowest BCUT2D eigenvalue weighted by Crippen LogP contribution is -2.39. The molecule has 2 aromatic carbocycles. The van der Waals surface area contributed by atoms with Crippen molar-refractivity contribution in [1.82, 2.24) is 5.32 Å². The Balaban J connectivity index is 2.07. The van der Waals surface area contributed by atoms with Crippen molar-refractivity contribution >= 4 is 23.6 Å². The Hall–Kier alpha value is -3.55. The predicted molar refractivity (Wildman–Crippen MR) is 104 cm³/mol. The van der Waals surface area contributed by atoms with E-state index in [1.165, 1.54) is 25.3 Å². The number of carboxylic acid groups (broad SMARTS) is 1. The van der Waals surface area contributed by atoms with Gasteiger partial charge in [0, 0.05) is 18.0 Å². The summed E-state index contributed by atoms with van der Waals surface area (Å²) in [7, 11) is 1.41. The fraction of sp³-hybridized carbons (Fsp3) is 0.250. The predicted octanol–water partition coefficient (Wildman–Crippen LogP) is 2.39. The summed E-state index contributed by atoms with van der Waals surface area (Å²) in [6.45, 7) is 0. The third-order valence-electron chi connectivity index (χ3n) is 4.10. The van der Waals surface area contributed by atoms with Crippen LogP contribution in [0.1, 0.15) is 28.8 Å². The molecule has 148 valence electrons. The van der Waals surface area contributed by atoms with Crippen LogP contribution >= 0.6 is 0 Å². The van der Waals surface area contributed by atoms with Crippen LogP contribution in [0.25, 0.3) is 0 Å². The molecule has 0 spiro atoms. The van der Waals surface area contributed by atoms with E-state index in [1.807, 2.05) is 30.3 Å². The molecule has 0 aromatic heterocycles. The van der Waals surface area contributed by atoms with Gasteiger partial charge in [-0.1, -0.05) is 30.3 Å². The maximum absolute atomic E-state index is 12.4. The molecule has 8 heteroatoms. The molecule has 0 aliphatic heterocycles. The monoisotopic (exact) mass is 385 g/mol. The summed E-state index contributed by atoms with van der Waals surface area (Å²) in [5, 5.41) is 14.4. The highest BCUT2D eigenvalue weighted by atomic mass is 16.5. The number of primary amides is 1. The van der Waals surface area contributed by atoms with Crippen LogP contribution in [0.2, 0.25) is 0 Å². The second kappa shape index (κ2) is 9.96. The number of carboxylic acids is 1. The Morgan fingerprint density at radius 2 is 1.86 bits per heavy atom. The number of aliphatic carboxylic acids is 1. The van der Waals surface area contributed by atoms with Crippen molar-refractivity contribution in [3.05, 3.63) is 59.7 Å². The van der Waals surface area contributed by atoms with Crippen LogP contribution in [0.5, 0.6) is 5.75 Å². The number of amides is 3. The van der Waals surface area contributed by atoms with E-state index < -0.39 is 17.9 Å². The van der Waals surface area contributed by atoms with Gasteiger partial charge in [-0.2, -0.15) is 0 Å². The number of ether oxygens (including phenoxy) is 1. The lowest BCUT2D eigenvalue weighted by atomic mass is 10.0. The summed E-state index contributed by atoms with van der Waals surface area (Å²) in [6, 6.07) is 13.0. The van der Waals surface area contributed by atoms with Crippen LogP contribution in [0.4, 0.5) is 10.5 Å². The average Bonchev–Trinajstić information content (AvgIpc) is 2.67. The van der Waals surface area contributed by atoms with E-state index in [4.69, 9.17) is 15.6 Å².